The molecule has 0 aliphatic rings. The van der Waals surface area contributed by atoms with E-state index in [0.29, 0.717) is 11.1 Å². The van der Waals surface area contributed by atoms with Gasteiger partial charge in [-0.3, -0.25) is 0 Å². The number of aromatic nitrogens is 4. The second kappa shape index (κ2) is 11.0. The van der Waals surface area contributed by atoms with E-state index in [1.54, 1.807) is 0 Å². The van der Waals surface area contributed by atoms with Crippen LogP contribution in [-0.2, 0) is 0 Å². The predicted octanol–water partition coefficient (Wildman–Crippen LogP) is 13.9. The third-order valence-corrected chi connectivity index (χ3v) is 13.8. The van der Waals surface area contributed by atoms with Crippen molar-refractivity contribution < 1.29 is 0 Å². The summed E-state index contributed by atoms with van der Waals surface area (Å²) in [6.07, 6.45) is 0. The molecule has 6 heterocycles. The summed E-state index contributed by atoms with van der Waals surface area (Å²) in [5, 5.41) is 34.0. The van der Waals surface area contributed by atoms with Crippen LogP contribution in [0.3, 0.4) is 0 Å². The van der Waals surface area contributed by atoms with Crippen molar-refractivity contribution >= 4 is 120 Å². The molecule has 0 saturated carbocycles. The highest BCUT2D eigenvalue weighted by molar-refractivity contribution is 6.40. The van der Waals surface area contributed by atoms with E-state index >= 15 is 0 Å². The lowest BCUT2D eigenvalue weighted by molar-refractivity contribution is 1.18. The molecule has 6 nitrogen and oxygen atoms in total. The molecule has 62 heavy (non-hydrogen) atoms. The maximum Gasteiger partial charge on any atom is 0.0991 e. The van der Waals surface area contributed by atoms with E-state index in [2.05, 4.69) is 176 Å². The zero-order valence-electron chi connectivity index (χ0n) is 32.8. The Balaban J connectivity index is 1.20. The summed E-state index contributed by atoms with van der Waals surface area (Å²) in [6, 6.07) is 65.4. The zero-order valence-corrected chi connectivity index (χ0v) is 32.8. The number of nitriles is 2. The van der Waals surface area contributed by atoms with Crippen molar-refractivity contribution in [1.82, 2.24) is 17.9 Å². The van der Waals surface area contributed by atoms with Gasteiger partial charge in [0.15, 0.2) is 0 Å². The lowest BCUT2D eigenvalue weighted by Crippen LogP contribution is -1.93. The van der Waals surface area contributed by atoms with Crippen molar-refractivity contribution in [1.29, 1.82) is 10.5 Å². The topological polar surface area (TPSA) is 66.3 Å². The van der Waals surface area contributed by atoms with Gasteiger partial charge in [-0.2, -0.15) is 10.5 Å². The summed E-state index contributed by atoms with van der Waals surface area (Å²) in [4.78, 5) is 0. The SMILES string of the molecule is N#Cc1ccc(-n2c3ccccc3c3c4c5cc6c7c8c9ccccc9n(-c9ccc(C#N)cc9)c8cc8c9ccccc9n(c6cc5n5c6ccccc6c(cc32)c45)c87)cc1. The summed E-state index contributed by atoms with van der Waals surface area (Å²) in [5.74, 6) is 0. The first kappa shape index (κ1) is 32.1. The second-order valence-electron chi connectivity index (χ2n) is 16.7. The largest absolute Gasteiger partial charge is 0.309 e. The van der Waals surface area contributed by atoms with Crippen molar-refractivity contribution in [3.05, 3.63) is 181 Å². The van der Waals surface area contributed by atoms with Crippen molar-refractivity contribution in [2.75, 3.05) is 0 Å². The number of hydrogen-bond donors (Lipinski definition) is 0. The fourth-order valence-corrected chi connectivity index (χ4v) is 11.4. The van der Waals surface area contributed by atoms with E-state index in [4.69, 9.17) is 0 Å². The third-order valence-electron chi connectivity index (χ3n) is 13.8. The van der Waals surface area contributed by atoms with E-state index in [0.717, 1.165) is 33.4 Å². The van der Waals surface area contributed by atoms with Crippen molar-refractivity contribution in [2.24, 2.45) is 0 Å². The summed E-state index contributed by atoms with van der Waals surface area (Å²) in [5.41, 5.74) is 15.1. The second-order valence-corrected chi connectivity index (χ2v) is 16.7. The molecule has 0 bridgehead atoms. The fourth-order valence-electron chi connectivity index (χ4n) is 11.4. The lowest BCUT2D eigenvalue weighted by atomic mass is 9.99. The number of fused-ring (bicyclic) bond motifs is 20. The van der Waals surface area contributed by atoms with Crippen molar-refractivity contribution in [3.8, 4) is 23.5 Å². The van der Waals surface area contributed by atoms with Crippen LogP contribution in [0.5, 0.6) is 0 Å². The van der Waals surface area contributed by atoms with Gasteiger partial charge in [-0.1, -0.05) is 72.8 Å². The van der Waals surface area contributed by atoms with Gasteiger partial charge in [0, 0.05) is 76.0 Å². The molecule has 0 atom stereocenters. The standard InChI is InChI=1S/C56H28N6/c57-29-31-17-21-33(22-18-31)59-45-15-7-3-11-37(45)51-49(59)26-39-35-9-1-5-13-43(35)61-47-28-48-42(25-41(47)53(51)55(39)61)54-52-38-12-4-8-16-46(38)60(34-23-19-32(30-58)20-24-34)50(52)27-40-36-10-2-6-14-44(36)62(48)56(40)54/h1-28H. The molecule has 0 fully saturated rings. The lowest BCUT2D eigenvalue weighted by Gasteiger charge is -2.08. The molecule has 0 aliphatic carbocycles. The third kappa shape index (κ3) is 3.67. The van der Waals surface area contributed by atoms with Gasteiger partial charge in [0.2, 0.25) is 0 Å². The van der Waals surface area contributed by atoms with E-state index in [1.165, 1.54) is 97.7 Å². The van der Waals surface area contributed by atoms with Crippen LogP contribution in [0.2, 0.25) is 0 Å². The monoisotopic (exact) mass is 784 g/mol. The van der Waals surface area contributed by atoms with Crippen molar-refractivity contribution in [3.63, 3.8) is 0 Å². The minimum atomic E-state index is 0.642. The maximum atomic E-state index is 9.69. The molecule has 6 heteroatoms. The maximum absolute atomic E-state index is 9.69. The van der Waals surface area contributed by atoms with Crippen LogP contribution < -0.4 is 0 Å². The molecule has 282 valence electrons. The van der Waals surface area contributed by atoms with Gasteiger partial charge in [0.05, 0.1) is 78.4 Å². The number of rotatable bonds is 2. The molecule has 15 rings (SSSR count). The molecular weight excluding hydrogens is 757 g/mol. The van der Waals surface area contributed by atoms with Crippen LogP contribution in [0.1, 0.15) is 11.1 Å². The Labute approximate surface area is 351 Å². The van der Waals surface area contributed by atoms with Crippen molar-refractivity contribution in [2.45, 2.75) is 0 Å². The van der Waals surface area contributed by atoms with Crippen LogP contribution >= 0.6 is 0 Å². The molecule has 15 aromatic rings. The molecule has 0 N–H and O–H groups in total. The summed E-state index contributed by atoms with van der Waals surface area (Å²) in [7, 11) is 0. The smallest absolute Gasteiger partial charge is 0.0991 e. The van der Waals surface area contributed by atoms with Gasteiger partial charge < -0.3 is 17.9 Å². The minimum Gasteiger partial charge on any atom is -0.309 e. The van der Waals surface area contributed by atoms with E-state index in [1.807, 2.05) is 24.3 Å². The van der Waals surface area contributed by atoms with Gasteiger partial charge in [-0.05, 0) is 97.1 Å². The van der Waals surface area contributed by atoms with Crippen LogP contribution in [0, 0.1) is 22.7 Å². The minimum absolute atomic E-state index is 0.642. The Morgan fingerprint density at radius 3 is 1.10 bits per heavy atom. The first-order chi connectivity index (χ1) is 30.7. The fraction of sp³-hybridized carbons (Fsp3) is 0. The first-order valence-electron chi connectivity index (χ1n) is 20.9. The first-order valence-corrected chi connectivity index (χ1v) is 20.9. The van der Waals surface area contributed by atoms with Crippen LogP contribution in [0.15, 0.2) is 170 Å². The van der Waals surface area contributed by atoms with E-state index < -0.39 is 0 Å². The summed E-state index contributed by atoms with van der Waals surface area (Å²) in [6.45, 7) is 0. The Morgan fingerprint density at radius 2 is 0.677 bits per heavy atom. The molecule has 9 aromatic carbocycles. The van der Waals surface area contributed by atoms with Gasteiger partial charge >= 0.3 is 0 Å². The zero-order chi connectivity index (χ0) is 40.5. The van der Waals surface area contributed by atoms with E-state index in [9.17, 15) is 10.5 Å². The molecule has 0 aliphatic heterocycles. The van der Waals surface area contributed by atoms with Gasteiger partial charge in [-0.15, -0.1) is 0 Å². The summed E-state index contributed by atoms with van der Waals surface area (Å²) < 4.78 is 9.78. The molecule has 0 unspecified atom stereocenters. The van der Waals surface area contributed by atoms with E-state index in [-0.39, 0.29) is 0 Å². The molecule has 0 saturated heterocycles. The molecule has 6 aromatic heterocycles. The van der Waals surface area contributed by atoms with Gasteiger partial charge in [0.25, 0.3) is 0 Å². The quantitative estimate of drug-likeness (QED) is 0.175. The highest BCUT2D eigenvalue weighted by atomic mass is 15.0. The van der Waals surface area contributed by atoms with Gasteiger partial charge in [-0.25, -0.2) is 0 Å². The number of nitrogens with zero attached hydrogens (tertiary/aromatic N) is 6. The molecule has 0 radical (unpaired) electrons. The molecule has 0 amide bonds. The summed E-state index contributed by atoms with van der Waals surface area (Å²) >= 11 is 0. The molecule has 0 spiro atoms. The Bertz CT molecular complexity index is 4270. The number of benzene rings is 9. The average Bonchev–Trinajstić information content (AvgIpc) is 4.16. The number of para-hydroxylation sites is 4. The number of hydrogen-bond acceptors (Lipinski definition) is 2. The van der Waals surface area contributed by atoms with Gasteiger partial charge in [0.1, 0.15) is 0 Å². The Kier molecular flexibility index (Phi) is 5.71. The normalized spacial score (nSPS) is 12.5. The van der Waals surface area contributed by atoms with Crippen LogP contribution in [0.25, 0.3) is 131 Å². The highest BCUT2D eigenvalue weighted by Crippen LogP contribution is 2.51. The Hall–Kier alpha value is -8.84. The molecular formula is C56H28N6. The van der Waals surface area contributed by atoms with Crippen LogP contribution in [-0.4, -0.2) is 17.9 Å². The average molecular weight is 785 g/mol. The Morgan fingerprint density at radius 1 is 0.290 bits per heavy atom. The van der Waals surface area contributed by atoms with Crippen LogP contribution in [0.4, 0.5) is 0 Å². The predicted molar refractivity (Wildman–Crippen MR) is 254 cm³/mol. The highest BCUT2D eigenvalue weighted by Gasteiger charge is 2.28.